The van der Waals surface area contributed by atoms with Crippen LogP contribution in [-0.4, -0.2) is 25.6 Å². The Morgan fingerprint density at radius 2 is 1.89 bits per heavy atom. The van der Waals surface area contributed by atoms with E-state index in [1.54, 1.807) is 0 Å². The molecule has 0 heterocycles. The lowest BCUT2D eigenvalue weighted by Crippen LogP contribution is -2.26. The first-order chi connectivity index (χ1) is 8.74. The Balaban J connectivity index is 2.17. The minimum Gasteiger partial charge on any atom is -0.380 e. The van der Waals surface area contributed by atoms with Crippen molar-refractivity contribution in [2.45, 2.75) is 26.3 Å². The summed E-state index contributed by atoms with van der Waals surface area (Å²) in [5.74, 6) is 1.29. The van der Waals surface area contributed by atoms with E-state index >= 15 is 0 Å². The fraction of sp³-hybridized carbons (Fsp3) is 0.600. The van der Waals surface area contributed by atoms with E-state index < -0.39 is 0 Å². The molecule has 0 fully saturated rings. The molecule has 0 saturated carbocycles. The lowest BCUT2D eigenvalue weighted by atomic mass is 10.1. The predicted molar refractivity (Wildman–Crippen MR) is 78.2 cm³/mol. The molecule has 102 valence electrons. The summed E-state index contributed by atoms with van der Waals surface area (Å²) in [7, 11) is 0. The molecule has 1 rings (SSSR count). The summed E-state index contributed by atoms with van der Waals surface area (Å²) in [6.07, 6.45) is 1.12. The zero-order valence-corrected chi connectivity index (χ0v) is 12.1. The molecule has 0 aliphatic rings. The highest BCUT2D eigenvalue weighted by Gasteiger charge is 2.08. The number of benzene rings is 1. The van der Waals surface area contributed by atoms with Gasteiger partial charge in [-0.05, 0) is 17.9 Å². The van der Waals surface area contributed by atoms with E-state index in [2.05, 4.69) is 31.3 Å². The molecule has 3 heteroatoms. The summed E-state index contributed by atoms with van der Waals surface area (Å²) < 4.78 is 5.57. The van der Waals surface area contributed by atoms with Gasteiger partial charge in [-0.15, -0.1) is 11.6 Å². The molecule has 0 spiro atoms. The number of hydrogen-bond donors (Lipinski definition) is 1. The lowest BCUT2D eigenvalue weighted by molar-refractivity contribution is 0.124. The molecule has 0 aromatic heterocycles. The average molecular weight is 270 g/mol. The molecule has 1 aromatic rings. The Morgan fingerprint density at radius 3 is 2.50 bits per heavy atom. The summed E-state index contributed by atoms with van der Waals surface area (Å²) in [6.45, 7) is 6.84. The van der Waals surface area contributed by atoms with E-state index in [1.807, 2.05) is 18.2 Å². The SMILES string of the molecule is CC(C)CCOCCNC(CCl)c1ccccc1. The van der Waals surface area contributed by atoms with Crippen LogP contribution in [0.25, 0.3) is 0 Å². The number of halogens is 1. The number of rotatable bonds is 9. The third-order valence-corrected chi connectivity index (χ3v) is 3.14. The second-order valence-corrected chi connectivity index (χ2v) is 5.18. The third kappa shape index (κ3) is 6.39. The minimum absolute atomic E-state index is 0.210. The molecule has 18 heavy (non-hydrogen) atoms. The third-order valence-electron chi connectivity index (χ3n) is 2.83. The Morgan fingerprint density at radius 1 is 1.17 bits per heavy atom. The van der Waals surface area contributed by atoms with Crippen LogP contribution in [0, 0.1) is 5.92 Å². The number of nitrogens with one attached hydrogen (secondary N) is 1. The highest BCUT2D eigenvalue weighted by atomic mass is 35.5. The van der Waals surface area contributed by atoms with E-state index in [0.29, 0.717) is 11.8 Å². The summed E-state index contributed by atoms with van der Waals surface area (Å²) in [4.78, 5) is 0. The molecule has 1 N–H and O–H groups in total. The minimum atomic E-state index is 0.210. The average Bonchev–Trinajstić information content (AvgIpc) is 2.38. The van der Waals surface area contributed by atoms with Crippen molar-refractivity contribution in [3.8, 4) is 0 Å². The standard InChI is InChI=1S/C15H24ClNO/c1-13(2)8-10-18-11-9-17-15(12-16)14-6-4-3-5-7-14/h3-7,13,15,17H,8-12H2,1-2H3. The molecule has 1 atom stereocenters. The highest BCUT2D eigenvalue weighted by Crippen LogP contribution is 2.13. The zero-order valence-electron chi connectivity index (χ0n) is 11.4. The largest absolute Gasteiger partial charge is 0.380 e. The summed E-state index contributed by atoms with van der Waals surface area (Å²) >= 11 is 5.98. The van der Waals surface area contributed by atoms with Crippen LogP contribution >= 0.6 is 11.6 Å². The molecule has 1 unspecified atom stereocenters. The van der Waals surface area contributed by atoms with E-state index in [0.717, 1.165) is 26.2 Å². The molecule has 0 bridgehead atoms. The first-order valence-electron chi connectivity index (χ1n) is 6.66. The quantitative estimate of drug-likeness (QED) is 0.546. The van der Waals surface area contributed by atoms with Gasteiger partial charge < -0.3 is 10.1 Å². The molecule has 0 amide bonds. The maximum absolute atomic E-state index is 5.98. The van der Waals surface area contributed by atoms with Gasteiger partial charge in [0.05, 0.1) is 6.61 Å². The van der Waals surface area contributed by atoms with Crippen LogP contribution in [0.2, 0.25) is 0 Å². The van der Waals surface area contributed by atoms with Gasteiger partial charge in [-0.3, -0.25) is 0 Å². The van der Waals surface area contributed by atoms with Crippen LogP contribution in [0.15, 0.2) is 30.3 Å². The molecule has 1 aromatic carbocycles. The van der Waals surface area contributed by atoms with Crippen molar-refractivity contribution in [2.75, 3.05) is 25.6 Å². The van der Waals surface area contributed by atoms with Crippen molar-refractivity contribution >= 4 is 11.6 Å². The molecule has 0 aliphatic heterocycles. The first-order valence-corrected chi connectivity index (χ1v) is 7.19. The van der Waals surface area contributed by atoms with Crippen LogP contribution in [0.1, 0.15) is 31.9 Å². The number of hydrogen-bond acceptors (Lipinski definition) is 2. The van der Waals surface area contributed by atoms with Crippen molar-refractivity contribution in [3.05, 3.63) is 35.9 Å². The fourth-order valence-corrected chi connectivity index (χ4v) is 1.96. The number of ether oxygens (including phenoxy) is 1. The smallest absolute Gasteiger partial charge is 0.0591 e. The zero-order chi connectivity index (χ0) is 13.2. The van der Waals surface area contributed by atoms with Gasteiger partial charge in [-0.2, -0.15) is 0 Å². The summed E-state index contributed by atoms with van der Waals surface area (Å²) in [5, 5.41) is 3.42. The first kappa shape index (κ1) is 15.5. The van der Waals surface area contributed by atoms with Gasteiger partial charge >= 0.3 is 0 Å². The maximum atomic E-state index is 5.98. The van der Waals surface area contributed by atoms with E-state index in [9.17, 15) is 0 Å². The Labute approximate surface area is 116 Å². The van der Waals surface area contributed by atoms with Crippen molar-refractivity contribution in [3.63, 3.8) is 0 Å². The van der Waals surface area contributed by atoms with Crippen molar-refractivity contribution < 1.29 is 4.74 Å². The van der Waals surface area contributed by atoms with E-state index in [-0.39, 0.29) is 6.04 Å². The van der Waals surface area contributed by atoms with Crippen LogP contribution in [0.3, 0.4) is 0 Å². The van der Waals surface area contributed by atoms with E-state index in [1.165, 1.54) is 5.56 Å². The Bertz CT molecular complexity index is 303. The van der Waals surface area contributed by atoms with Crippen LogP contribution in [0.5, 0.6) is 0 Å². The normalized spacial score (nSPS) is 12.9. The van der Waals surface area contributed by atoms with Crippen molar-refractivity contribution in [2.24, 2.45) is 5.92 Å². The predicted octanol–water partition coefficient (Wildman–Crippen LogP) is 3.62. The molecule has 0 saturated heterocycles. The van der Waals surface area contributed by atoms with Gasteiger partial charge in [-0.25, -0.2) is 0 Å². The summed E-state index contributed by atoms with van der Waals surface area (Å²) in [5.41, 5.74) is 1.23. The van der Waals surface area contributed by atoms with Gasteiger partial charge in [0.25, 0.3) is 0 Å². The monoisotopic (exact) mass is 269 g/mol. The Hall–Kier alpha value is -0.570. The van der Waals surface area contributed by atoms with Crippen LogP contribution in [0.4, 0.5) is 0 Å². The van der Waals surface area contributed by atoms with Gasteiger partial charge in [0.2, 0.25) is 0 Å². The van der Waals surface area contributed by atoms with Crippen molar-refractivity contribution in [1.29, 1.82) is 0 Å². The molecular formula is C15H24ClNO. The molecular weight excluding hydrogens is 246 g/mol. The topological polar surface area (TPSA) is 21.3 Å². The van der Waals surface area contributed by atoms with Gasteiger partial charge in [0.1, 0.15) is 0 Å². The van der Waals surface area contributed by atoms with Crippen LogP contribution < -0.4 is 5.32 Å². The maximum Gasteiger partial charge on any atom is 0.0591 e. The Kier molecular flexibility index (Phi) is 8.06. The van der Waals surface area contributed by atoms with E-state index in [4.69, 9.17) is 16.3 Å². The van der Waals surface area contributed by atoms with Gasteiger partial charge in [0, 0.05) is 25.1 Å². The molecule has 0 aliphatic carbocycles. The fourth-order valence-electron chi connectivity index (χ4n) is 1.67. The van der Waals surface area contributed by atoms with Crippen molar-refractivity contribution in [1.82, 2.24) is 5.32 Å². The summed E-state index contributed by atoms with van der Waals surface area (Å²) in [6, 6.07) is 10.5. The number of alkyl halides is 1. The van der Waals surface area contributed by atoms with Crippen LogP contribution in [-0.2, 0) is 4.74 Å². The second-order valence-electron chi connectivity index (χ2n) is 4.87. The van der Waals surface area contributed by atoms with Gasteiger partial charge in [0.15, 0.2) is 0 Å². The lowest BCUT2D eigenvalue weighted by Gasteiger charge is -2.16. The molecule has 0 radical (unpaired) electrons. The highest BCUT2D eigenvalue weighted by molar-refractivity contribution is 6.18. The second kappa shape index (κ2) is 9.37. The molecule has 2 nitrogen and oxygen atoms in total. The van der Waals surface area contributed by atoms with Gasteiger partial charge in [-0.1, -0.05) is 44.2 Å².